The molecule has 0 fully saturated rings. The van der Waals surface area contributed by atoms with E-state index >= 15 is 0 Å². The third-order valence-electron chi connectivity index (χ3n) is 2.69. The van der Waals surface area contributed by atoms with Crippen molar-refractivity contribution in [1.82, 2.24) is 14.7 Å². The van der Waals surface area contributed by atoms with E-state index in [4.69, 9.17) is 5.73 Å². The minimum Gasteiger partial charge on any atom is -0.368 e. The lowest BCUT2D eigenvalue weighted by atomic mass is 10.2. The van der Waals surface area contributed by atoms with Crippen molar-refractivity contribution in [2.75, 3.05) is 6.26 Å². The number of primary amides is 1. The number of rotatable bonds is 4. The average molecular weight is 278 g/mol. The minimum absolute atomic E-state index is 0.290. The zero-order valence-corrected chi connectivity index (χ0v) is 11.4. The zero-order valence-electron chi connectivity index (χ0n) is 10.6. The van der Waals surface area contributed by atoms with E-state index in [2.05, 4.69) is 10.3 Å². The van der Waals surface area contributed by atoms with Crippen molar-refractivity contribution >= 4 is 29.1 Å². The number of nitrogens with two attached hydrogens (primary N) is 1. The van der Waals surface area contributed by atoms with Crippen molar-refractivity contribution in [1.29, 1.82) is 0 Å². The number of hydrogen-bond donors (Lipinski definition) is 2. The van der Waals surface area contributed by atoms with Crippen LogP contribution in [-0.4, -0.2) is 33.5 Å². The average Bonchev–Trinajstić information content (AvgIpc) is 2.77. The molecule has 0 saturated heterocycles. The second-order valence-corrected chi connectivity index (χ2v) is 4.77. The normalized spacial score (nSPS) is 12.3. The summed E-state index contributed by atoms with van der Waals surface area (Å²) in [6, 6.07) is 4.76. The highest BCUT2D eigenvalue weighted by molar-refractivity contribution is 7.98. The van der Waals surface area contributed by atoms with Crippen molar-refractivity contribution < 1.29 is 9.59 Å². The van der Waals surface area contributed by atoms with Gasteiger partial charge in [0.05, 0.1) is 5.52 Å². The molecule has 2 aromatic rings. The molecule has 6 nitrogen and oxygen atoms in total. The second kappa shape index (κ2) is 5.31. The molecule has 0 spiro atoms. The second-order valence-electron chi connectivity index (χ2n) is 4.00. The van der Waals surface area contributed by atoms with Crippen LogP contribution in [0.15, 0.2) is 29.6 Å². The van der Waals surface area contributed by atoms with E-state index in [1.54, 1.807) is 6.07 Å². The van der Waals surface area contributed by atoms with Crippen LogP contribution >= 0.6 is 11.8 Å². The summed E-state index contributed by atoms with van der Waals surface area (Å²) >= 11 is 1.44. The van der Waals surface area contributed by atoms with Crippen molar-refractivity contribution in [3.05, 3.63) is 30.1 Å². The first-order chi connectivity index (χ1) is 9.04. The lowest BCUT2D eigenvalue weighted by Crippen LogP contribution is -2.42. The number of amides is 2. The fourth-order valence-corrected chi connectivity index (χ4v) is 2.20. The molecule has 0 bridgehead atoms. The highest BCUT2D eigenvalue weighted by Gasteiger charge is 2.20. The number of nitrogens with zero attached hydrogens (tertiary/aromatic N) is 2. The Hall–Kier alpha value is -2.02. The Labute approximate surface area is 114 Å². The summed E-state index contributed by atoms with van der Waals surface area (Å²) in [5.74, 6) is -0.989. The quantitative estimate of drug-likeness (QED) is 0.804. The van der Waals surface area contributed by atoms with Gasteiger partial charge in [0.2, 0.25) is 5.91 Å². The Balaban J connectivity index is 2.40. The summed E-state index contributed by atoms with van der Waals surface area (Å²) in [5.41, 5.74) is 6.11. The number of nitrogens with one attached hydrogen (secondary N) is 1. The van der Waals surface area contributed by atoms with Gasteiger partial charge < -0.3 is 11.1 Å². The first-order valence-corrected chi connectivity index (χ1v) is 6.88. The topological polar surface area (TPSA) is 89.5 Å². The van der Waals surface area contributed by atoms with Crippen LogP contribution < -0.4 is 11.1 Å². The smallest absolute Gasteiger partial charge is 0.272 e. The van der Waals surface area contributed by atoms with Gasteiger partial charge in [-0.25, -0.2) is 4.98 Å². The van der Waals surface area contributed by atoms with Gasteiger partial charge in [0.25, 0.3) is 5.91 Å². The molecule has 19 heavy (non-hydrogen) atoms. The number of aromatic nitrogens is 2. The maximum Gasteiger partial charge on any atom is 0.272 e. The Morgan fingerprint density at radius 3 is 2.84 bits per heavy atom. The summed E-state index contributed by atoms with van der Waals surface area (Å²) < 4.78 is 1.83. The highest BCUT2D eigenvalue weighted by Crippen LogP contribution is 2.19. The molecule has 2 heterocycles. The summed E-state index contributed by atoms with van der Waals surface area (Å²) in [5, 5.41) is 3.24. The fourth-order valence-electron chi connectivity index (χ4n) is 1.66. The van der Waals surface area contributed by atoms with Gasteiger partial charge in [0.1, 0.15) is 6.04 Å². The minimum atomic E-state index is -0.731. The fraction of sp³-hybridized carbons (Fsp3) is 0.250. The predicted molar refractivity (Wildman–Crippen MR) is 73.1 cm³/mol. The Kier molecular flexibility index (Phi) is 3.75. The number of fused-ring (bicyclic) bond motifs is 1. The van der Waals surface area contributed by atoms with Crippen LogP contribution in [0, 0.1) is 0 Å². The van der Waals surface area contributed by atoms with E-state index in [-0.39, 0.29) is 5.69 Å². The van der Waals surface area contributed by atoms with Gasteiger partial charge in [-0.05, 0) is 25.3 Å². The first kappa shape index (κ1) is 13.4. The molecule has 0 radical (unpaired) electrons. The van der Waals surface area contributed by atoms with E-state index in [9.17, 15) is 9.59 Å². The Morgan fingerprint density at radius 1 is 1.47 bits per heavy atom. The van der Waals surface area contributed by atoms with Crippen LogP contribution in [0.25, 0.3) is 5.52 Å². The number of pyridine rings is 1. The third-order valence-corrected chi connectivity index (χ3v) is 3.34. The molecule has 2 rings (SSSR count). The van der Waals surface area contributed by atoms with Crippen molar-refractivity contribution in [2.24, 2.45) is 5.73 Å². The lowest BCUT2D eigenvalue weighted by molar-refractivity contribution is -0.119. The molecule has 2 aromatic heterocycles. The molecular weight excluding hydrogens is 264 g/mol. The molecule has 1 atom stereocenters. The van der Waals surface area contributed by atoms with Crippen LogP contribution in [0.5, 0.6) is 0 Å². The van der Waals surface area contributed by atoms with E-state index in [1.807, 2.05) is 29.0 Å². The Bertz CT molecular complexity index is 638. The Morgan fingerprint density at radius 2 is 2.21 bits per heavy atom. The molecule has 2 amide bonds. The molecule has 100 valence electrons. The van der Waals surface area contributed by atoms with Gasteiger partial charge >= 0.3 is 0 Å². The highest BCUT2D eigenvalue weighted by atomic mass is 32.2. The number of carbonyl (C=O) groups is 2. The number of hydrogen-bond acceptors (Lipinski definition) is 4. The van der Waals surface area contributed by atoms with Gasteiger partial charge in [-0.3, -0.25) is 14.0 Å². The molecule has 0 unspecified atom stereocenters. The van der Waals surface area contributed by atoms with Gasteiger partial charge in [0, 0.05) is 6.20 Å². The van der Waals surface area contributed by atoms with Gasteiger partial charge in [-0.2, -0.15) is 0 Å². The number of carbonyl (C=O) groups excluding carboxylic acids is 2. The summed E-state index contributed by atoms with van der Waals surface area (Å²) in [6.45, 7) is 1.54. The predicted octanol–water partition coefficient (Wildman–Crippen LogP) is 0.660. The van der Waals surface area contributed by atoms with Crippen LogP contribution in [0.2, 0.25) is 0 Å². The monoisotopic (exact) mass is 278 g/mol. The molecule has 0 aliphatic heterocycles. The van der Waals surface area contributed by atoms with Crippen LogP contribution in [0.3, 0.4) is 0 Å². The zero-order chi connectivity index (χ0) is 14.0. The summed E-state index contributed by atoms with van der Waals surface area (Å²) in [6.07, 6.45) is 3.72. The molecule has 0 aliphatic carbocycles. The molecular formula is C12H14N4O2S. The standard InChI is InChI=1S/C12H14N4O2S/c1-7(10(13)17)14-11(18)9-8-5-3-4-6-16(8)12(15-9)19-2/h3-7H,1-2H3,(H2,13,17)(H,14,18)/t7-/m0/s1. The maximum atomic E-state index is 12.1. The lowest BCUT2D eigenvalue weighted by Gasteiger charge is -2.08. The summed E-state index contributed by atoms with van der Waals surface area (Å²) in [4.78, 5) is 27.3. The van der Waals surface area contributed by atoms with E-state index < -0.39 is 17.9 Å². The van der Waals surface area contributed by atoms with Gasteiger partial charge in [-0.15, -0.1) is 0 Å². The van der Waals surface area contributed by atoms with Crippen molar-refractivity contribution in [3.63, 3.8) is 0 Å². The van der Waals surface area contributed by atoms with E-state index in [0.29, 0.717) is 10.7 Å². The van der Waals surface area contributed by atoms with E-state index in [0.717, 1.165) is 0 Å². The van der Waals surface area contributed by atoms with E-state index in [1.165, 1.54) is 18.7 Å². The van der Waals surface area contributed by atoms with Crippen LogP contribution in [-0.2, 0) is 4.79 Å². The molecule has 7 heteroatoms. The maximum absolute atomic E-state index is 12.1. The SMILES string of the molecule is CSc1nc(C(=O)N[C@@H](C)C(N)=O)c2ccccn12. The largest absolute Gasteiger partial charge is 0.368 e. The van der Waals surface area contributed by atoms with Crippen molar-refractivity contribution in [2.45, 2.75) is 18.1 Å². The third kappa shape index (κ3) is 2.55. The van der Waals surface area contributed by atoms with Crippen LogP contribution in [0.1, 0.15) is 17.4 Å². The molecule has 0 aromatic carbocycles. The van der Waals surface area contributed by atoms with Gasteiger partial charge in [0.15, 0.2) is 10.9 Å². The van der Waals surface area contributed by atoms with Crippen molar-refractivity contribution in [3.8, 4) is 0 Å². The summed E-state index contributed by atoms with van der Waals surface area (Å²) in [7, 11) is 0. The molecule has 3 N–H and O–H groups in total. The number of imidazole rings is 1. The molecule has 0 saturated carbocycles. The first-order valence-electron chi connectivity index (χ1n) is 5.66. The van der Waals surface area contributed by atoms with Crippen LogP contribution in [0.4, 0.5) is 0 Å². The van der Waals surface area contributed by atoms with Gasteiger partial charge in [-0.1, -0.05) is 17.8 Å². The molecule has 0 aliphatic rings. The number of thioether (sulfide) groups is 1.